The summed E-state index contributed by atoms with van der Waals surface area (Å²) < 4.78 is 12.3. The molecule has 106 valence electrons. The van der Waals surface area contributed by atoms with Crippen LogP contribution in [0.2, 0.25) is 0 Å². The minimum absolute atomic E-state index is 0.0188. The quantitative estimate of drug-likeness (QED) is 0.845. The standard InChI is InChI=1S/C14H17N3O3/c1-16-9-15-12-6-17(11(8-19-2)5-13(12)16)14(18)10-3-4-20-7-10/h3-4,7,9,11H,5-6,8H2,1-2H3/t11-/m0/s1. The zero-order valence-electron chi connectivity index (χ0n) is 11.6. The van der Waals surface area contributed by atoms with Crippen molar-refractivity contribution in [1.82, 2.24) is 14.5 Å². The van der Waals surface area contributed by atoms with E-state index in [0.29, 0.717) is 18.7 Å². The van der Waals surface area contributed by atoms with Crippen LogP contribution in [0.3, 0.4) is 0 Å². The van der Waals surface area contributed by atoms with Gasteiger partial charge in [-0.3, -0.25) is 4.79 Å². The van der Waals surface area contributed by atoms with Gasteiger partial charge in [-0.05, 0) is 6.07 Å². The van der Waals surface area contributed by atoms with E-state index in [1.165, 1.54) is 18.2 Å². The molecule has 0 spiro atoms. The van der Waals surface area contributed by atoms with Crippen LogP contribution in [-0.4, -0.2) is 40.1 Å². The van der Waals surface area contributed by atoms with Crippen molar-refractivity contribution in [2.45, 2.75) is 19.0 Å². The van der Waals surface area contributed by atoms with Gasteiger partial charge in [0.25, 0.3) is 5.91 Å². The third-order valence-electron chi connectivity index (χ3n) is 3.72. The van der Waals surface area contributed by atoms with Crippen molar-refractivity contribution in [1.29, 1.82) is 0 Å². The first-order chi connectivity index (χ1) is 9.70. The Kier molecular flexibility index (Phi) is 3.31. The number of carbonyl (C=O) groups is 1. The van der Waals surface area contributed by atoms with E-state index in [1.54, 1.807) is 19.5 Å². The molecule has 0 fully saturated rings. The maximum Gasteiger partial charge on any atom is 0.257 e. The molecule has 2 aromatic rings. The van der Waals surface area contributed by atoms with Crippen LogP contribution in [0.5, 0.6) is 0 Å². The minimum atomic E-state index is -0.0443. The number of hydrogen-bond acceptors (Lipinski definition) is 4. The molecule has 1 amide bonds. The highest BCUT2D eigenvalue weighted by Gasteiger charge is 2.32. The van der Waals surface area contributed by atoms with E-state index in [1.807, 2.05) is 16.5 Å². The van der Waals surface area contributed by atoms with Gasteiger partial charge in [0, 0.05) is 26.3 Å². The fourth-order valence-corrected chi connectivity index (χ4v) is 2.65. The average Bonchev–Trinajstić information content (AvgIpc) is 3.09. The van der Waals surface area contributed by atoms with Crippen molar-refractivity contribution in [2.75, 3.05) is 13.7 Å². The third kappa shape index (κ3) is 2.12. The fourth-order valence-electron chi connectivity index (χ4n) is 2.65. The van der Waals surface area contributed by atoms with Crippen LogP contribution < -0.4 is 0 Å². The number of nitrogens with zero attached hydrogens (tertiary/aromatic N) is 3. The summed E-state index contributed by atoms with van der Waals surface area (Å²) in [5.74, 6) is -0.0443. The number of aryl methyl sites for hydroxylation is 1. The second-order valence-corrected chi connectivity index (χ2v) is 5.01. The normalized spacial score (nSPS) is 18.1. The average molecular weight is 275 g/mol. The van der Waals surface area contributed by atoms with E-state index in [2.05, 4.69) is 4.98 Å². The molecule has 1 atom stereocenters. The smallest absolute Gasteiger partial charge is 0.257 e. The lowest BCUT2D eigenvalue weighted by molar-refractivity contribution is 0.0467. The lowest BCUT2D eigenvalue weighted by atomic mass is 10.0. The van der Waals surface area contributed by atoms with Crippen LogP contribution in [-0.2, 0) is 24.8 Å². The van der Waals surface area contributed by atoms with Gasteiger partial charge in [-0.15, -0.1) is 0 Å². The van der Waals surface area contributed by atoms with Crippen molar-refractivity contribution in [3.8, 4) is 0 Å². The molecule has 0 bridgehead atoms. The highest BCUT2D eigenvalue weighted by Crippen LogP contribution is 2.24. The molecule has 3 rings (SSSR count). The third-order valence-corrected chi connectivity index (χ3v) is 3.72. The largest absolute Gasteiger partial charge is 0.472 e. The SMILES string of the molecule is COC[C@@H]1Cc2c(ncn2C)CN1C(=O)c1ccoc1. The van der Waals surface area contributed by atoms with Crippen LogP contribution in [0.4, 0.5) is 0 Å². The molecule has 0 N–H and O–H groups in total. The zero-order chi connectivity index (χ0) is 14.1. The molecule has 0 radical (unpaired) electrons. The molecule has 0 saturated heterocycles. The lowest BCUT2D eigenvalue weighted by Crippen LogP contribution is -2.46. The van der Waals surface area contributed by atoms with Crippen molar-refractivity contribution in [3.63, 3.8) is 0 Å². The number of furan rings is 1. The summed E-state index contributed by atoms with van der Waals surface area (Å²) >= 11 is 0. The van der Waals surface area contributed by atoms with Gasteiger partial charge >= 0.3 is 0 Å². The maximum absolute atomic E-state index is 12.5. The Hall–Kier alpha value is -2.08. The molecular weight excluding hydrogens is 258 g/mol. The van der Waals surface area contributed by atoms with Crippen molar-refractivity contribution < 1.29 is 13.9 Å². The van der Waals surface area contributed by atoms with Crippen LogP contribution in [0, 0.1) is 0 Å². The molecule has 20 heavy (non-hydrogen) atoms. The number of carbonyl (C=O) groups excluding carboxylic acids is 1. The molecule has 0 aromatic carbocycles. The van der Waals surface area contributed by atoms with E-state index < -0.39 is 0 Å². The Labute approximate surface area is 117 Å². The number of ether oxygens (including phenoxy) is 1. The predicted octanol–water partition coefficient (Wildman–Crippen LogP) is 1.23. The van der Waals surface area contributed by atoms with Gasteiger partial charge < -0.3 is 18.6 Å². The Bertz CT molecular complexity index is 603. The van der Waals surface area contributed by atoms with Gasteiger partial charge in [0.05, 0.1) is 43.0 Å². The molecule has 0 unspecified atom stereocenters. The summed E-state index contributed by atoms with van der Waals surface area (Å²) in [6.45, 7) is 1.02. The van der Waals surface area contributed by atoms with E-state index in [4.69, 9.17) is 9.15 Å². The minimum Gasteiger partial charge on any atom is -0.472 e. The Morgan fingerprint density at radius 3 is 3.15 bits per heavy atom. The summed E-state index contributed by atoms with van der Waals surface area (Å²) in [6, 6.07) is 1.70. The number of imidazole rings is 1. The number of rotatable bonds is 3. The topological polar surface area (TPSA) is 60.5 Å². The molecule has 0 saturated carbocycles. The number of aromatic nitrogens is 2. The second-order valence-electron chi connectivity index (χ2n) is 5.01. The van der Waals surface area contributed by atoms with Crippen LogP contribution >= 0.6 is 0 Å². The van der Waals surface area contributed by atoms with Gasteiger partial charge in [-0.1, -0.05) is 0 Å². The maximum atomic E-state index is 12.5. The summed E-state index contributed by atoms with van der Waals surface area (Å²) in [6.07, 6.45) is 5.53. The first-order valence-electron chi connectivity index (χ1n) is 6.52. The number of hydrogen-bond donors (Lipinski definition) is 0. The summed E-state index contributed by atoms with van der Waals surface area (Å²) in [7, 11) is 3.63. The van der Waals surface area contributed by atoms with Gasteiger partial charge in [0.1, 0.15) is 6.26 Å². The lowest BCUT2D eigenvalue weighted by Gasteiger charge is -2.34. The number of fused-ring (bicyclic) bond motifs is 1. The van der Waals surface area contributed by atoms with Gasteiger partial charge in [0.15, 0.2) is 0 Å². The van der Waals surface area contributed by atoms with E-state index in [-0.39, 0.29) is 11.9 Å². The summed E-state index contributed by atoms with van der Waals surface area (Å²) in [5.41, 5.74) is 2.69. The van der Waals surface area contributed by atoms with E-state index in [9.17, 15) is 4.79 Å². The Balaban J connectivity index is 1.90. The fraction of sp³-hybridized carbons (Fsp3) is 0.429. The van der Waals surface area contributed by atoms with Gasteiger partial charge in [-0.25, -0.2) is 4.98 Å². The first kappa shape index (κ1) is 12.9. The molecule has 0 aliphatic carbocycles. The highest BCUT2D eigenvalue weighted by molar-refractivity contribution is 5.94. The van der Waals surface area contributed by atoms with Crippen LogP contribution in [0.15, 0.2) is 29.3 Å². The second kappa shape index (κ2) is 5.13. The number of methoxy groups -OCH3 is 1. The van der Waals surface area contributed by atoms with Crippen molar-refractivity contribution >= 4 is 5.91 Å². The Morgan fingerprint density at radius 1 is 1.60 bits per heavy atom. The van der Waals surface area contributed by atoms with Crippen LogP contribution in [0.25, 0.3) is 0 Å². The molecule has 6 nitrogen and oxygen atoms in total. The predicted molar refractivity (Wildman–Crippen MR) is 71.2 cm³/mol. The molecule has 1 aliphatic rings. The summed E-state index contributed by atoms with van der Waals surface area (Å²) in [4.78, 5) is 18.7. The van der Waals surface area contributed by atoms with Gasteiger partial charge in [-0.2, -0.15) is 0 Å². The van der Waals surface area contributed by atoms with Crippen molar-refractivity contribution in [3.05, 3.63) is 41.9 Å². The van der Waals surface area contributed by atoms with Crippen molar-refractivity contribution in [2.24, 2.45) is 7.05 Å². The van der Waals surface area contributed by atoms with E-state index in [0.717, 1.165) is 12.1 Å². The first-order valence-corrected chi connectivity index (χ1v) is 6.52. The van der Waals surface area contributed by atoms with Crippen LogP contribution in [0.1, 0.15) is 21.7 Å². The molecule has 6 heteroatoms. The number of amides is 1. The van der Waals surface area contributed by atoms with E-state index >= 15 is 0 Å². The molecule has 2 aromatic heterocycles. The molecule has 1 aliphatic heterocycles. The molecular formula is C14H17N3O3. The molecule has 3 heterocycles. The Morgan fingerprint density at radius 2 is 2.45 bits per heavy atom. The zero-order valence-corrected chi connectivity index (χ0v) is 11.6. The highest BCUT2D eigenvalue weighted by atomic mass is 16.5. The monoisotopic (exact) mass is 275 g/mol. The van der Waals surface area contributed by atoms with Gasteiger partial charge in [0.2, 0.25) is 0 Å². The summed E-state index contributed by atoms with van der Waals surface area (Å²) in [5, 5.41) is 0.